The number of aromatic nitrogens is 3. The number of nitrogens with zero attached hydrogens (tertiary/aromatic N) is 4. The van der Waals surface area contributed by atoms with Gasteiger partial charge in [-0.3, -0.25) is 0 Å². The minimum Gasteiger partial charge on any atom is -0.187 e. The maximum absolute atomic E-state index is 5.99. The van der Waals surface area contributed by atoms with Crippen molar-refractivity contribution in [3.05, 3.63) is 64.1 Å². The Labute approximate surface area is 153 Å². The topological polar surface area (TPSA) is 43.1 Å². The zero-order valence-electron chi connectivity index (χ0n) is 12.6. The zero-order chi connectivity index (χ0) is 16.7. The van der Waals surface area contributed by atoms with Gasteiger partial charge in [-0.2, -0.15) is 9.78 Å². The largest absolute Gasteiger partial charge is 0.213 e. The number of benzene rings is 2. The predicted octanol–water partition coefficient (Wildman–Crippen LogP) is 5.00. The van der Waals surface area contributed by atoms with E-state index in [2.05, 4.69) is 17.1 Å². The molecule has 24 heavy (non-hydrogen) atoms. The fraction of sp³-hybridized carbons (Fsp3) is 0.118. The maximum atomic E-state index is 5.99. The van der Waals surface area contributed by atoms with Crippen LogP contribution < -0.4 is 0 Å². The molecule has 1 aliphatic heterocycles. The molecule has 0 saturated carbocycles. The van der Waals surface area contributed by atoms with Crippen LogP contribution in [0.4, 0.5) is 0 Å². The van der Waals surface area contributed by atoms with E-state index < -0.39 is 0 Å². The summed E-state index contributed by atoms with van der Waals surface area (Å²) in [5, 5.41) is 15.7. The van der Waals surface area contributed by atoms with Gasteiger partial charge in [-0.1, -0.05) is 47.1 Å². The van der Waals surface area contributed by atoms with Gasteiger partial charge in [0.1, 0.15) is 0 Å². The van der Waals surface area contributed by atoms with Crippen LogP contribution in [0, 0.1) is 0 Å². The molecule has 120 valence electrons. The van der Waals surface area contributed by atoms with Crippen LogP contribution in [0.5, 0.6) is 0 Å². The van der Waals surface area contributed by atoms with Gasteiger partial charge in [0.15, 0.2) is 5.82 Å². The van der Waals surface area contributed by atoms with Crippen molar-refractivity contribution in [3.63, 3.8) is 0 Å². The Kier molecular flexibility index (Phi) is 4.08. The molecule has 0 saturated heterocycles. The molecule has 4 nitrogen and oxygen atoms in total. The third kappa shape index (κ3) is 2.83. The molecule has 0 N–H and O–H groups in total. The van der Waals surface area contributed by atoms with Gasteiger partial charge in [0.25, 0.3) is 0 Å². The van der Waals surface area contributed by atoms with Crippen molar-refractivity contribution in [2.75, 3.05) is 0 Å². The summed E-state index contributed by atoms with van der Waals surface area (Å²) in [5.74, 6) is 0.701. The summed E-state index contributed by atoms with van der Waals surface area (Å²) < 4.78 is 1.79. The molecule has 1 aliphatic rings. The van der Waals surface area contributed by atoms with E-state index in [4.69, 9.17) is 28.3 Å². The van der Waals surface area contributed by atoms with Crippen molar-refractivity contribution in [1.29, 1.82) is 0 Å². The monoisotopic (exact) mass is 374 g/mol. The summed E-state index contributed by atoms with van der Waals surface area (Å²) in [6, 6.07) is 15.2. The van der Waals surface area contributed by atoms with Crippen molar-refractivity contribution in [2.24, 2.45) is 5.10 Å². The molecule has 2 heterocycles. The van der Waals surface area contributed by atoms with E-state index in [-0.39, 0.29) is 5.25 Å². The molecule has 1 atom stereocenters. The zero-order valence-corrected chi connectivity index (χ0v) is 15.0. The molecule has 2 aromatic carbocycles. The van der Waals surface area contributed by atoms with Crippen LogP contribution in [0.1, 0.15) is 12.5 Å². The summed E-state index contributed by atoms with van der Waals surface area (Å²) in [7, 11) is 0. The van der Waals surface area contributed by atoms with E-state index in [1.165, 1.54) is 0 Å². The molecule has 0 bridgehead atoms. The number of fused-ring (bicyclic) bond motifs is 1. The van der Waals surface area contributed by atoms with E-state index in [1.807, 2.05) is 48.5 Å². The molecule has 1 aromatic heterocycles. The van der Waals surface area contributed by atoms with Crippen LogP contribution in [0.15, 0.2) is 58.8 Å². The summed E-state index contributed by atoms with van der Waals surface area (Å²) in [6.07, 6.45) is 0. The summed E-state index contributed by atoms with van der Waals surface area (Å²) >= 11 is 13.6. The maximum Gasteiger partial charge on any atom is 0.213 e. The van der Waals surface area contributed by atoms with Crippen molar-refractivity contribution in [3.8, 4) is 11.4 Å². The predicted molar refractivity (Wildman–Crippen MR) is 99.2 cm³/mol. The normalized spacial score (nSPS) is 16.6. The summed E-state index contributed by atoms with van der Waals surface area (Å²) in [6.45, 7) is 2.11. The lowest BCUT2D eigenvalue weighted by Crippen LogP contribution is -2.21. The molecule has 7 heteroatoms. The number of hydrogen-bond donors (Lipinski definition) is 0. The van der Waals surface area contributed by atoms with E-state index in [9.17, 15) is 0 Å². The van der Waals surface area contributed by atoms with Crippen molar-refractivity contribution in [1.82, 2.24) is 14.9 Å². The van der Waals surface area contributed by atoms with E-state index in [1.54, 1.807) is 16.4 Å². The minimum absolute atomic E-state index is 0.181. The average molecular weight is 375 g/mol. The van der Waals surface area contributed by atoms with Crippen molar-refractivity contribution < 1.29 is 0 Å². The molecule has 0 spiro atoms. The number of thioether (sulfide) groups is 1. The lowest BCUT2D eigenvalue weighted by Gasteiger charge is -2.20. The summed E-state index contributed by atoms with van der Waals surface area (Å²) in [5.41, 5.74) is 2.94. The minimum atomic E-state index is 0.181. The van der Waals surface area contributed by atoms with Crippen LogP contribution in [-0.4, -0.2) is 25.8 Å². The van der Waals surface area contributed by atoms with Gasteiger partial charge >= 0.3 is 0 Å². The molecule has 0 fully saturated rings. The quantitative estimate of drug-likeness (QED) is 0.633. The van der Waals surface area contributed by atoms with Crippen LogP contribution >= 0.6 is 35.0 Å². The average Bonchev–Trinajstić information content (AvgIpc) is 2.98. The van der Waals surface area contributed by atoms with Gasteiger partial charge in [-0.05, 0) is 48.9 Å². The first-order valence-electron chi connectivity index (χ1n) is 7.34. The van der Waals surface area contributed by atoms with E-state index in [0.29, 0.717) is 15.9 Å². The fourth-order valence-electron chi connectivity index (χ4n) is 2.52. The van der Waals surface area contributed by atoms with Crippen LogP contribution in [0.3, 0.4) is 0 Å². The molecular formula is C17H12Cl2N4S. The third-order valence-corrected chi connectivity index (χ3v) is 5.28. The highest BCUT2D eigenvalue weighted by molar-refractivity contribution is 8.00. The van der Waals surface area contributed by atoms with Crippen molar-refractivity contribution >= 4 is 40.7 Å². The second-order valence-electron chi connectivity index (χ2n) is 5.38. The van der Waals surface area contributed by atoms with Gasteiger partial charge in [0.2, 0.25) is 5.16 Å². The van der Waals surface area contributed by atoms with Gasteiger partial charge in [0, 0.05) is 15.6 Å². The molecule has 0 unspecified atom stereocenters. The standard InChI is InChI=1S/C17H12Cl2N4S/c1-10-15(11-2-6-13(18)7-3-11)22-23-16(20-21-17(23)24-10)12-4-8-14(19)9-5-12/h2-10H,1H3/t10-/m0/s1. The number of halogens is 2. The molecule has 4 rings (SSSR count). The highest BCUT2D eigenvalue weighted by Gasteiger charge is 2.26. The molecule has 0 aliphatic carbocycles. The third-order valence-electron chi connectivity index (χ3n) is 3.73. The van der Waals surface area contributed by atoms with E-state index in [0.717, 1.165) is 22.0 Å². The first kappa shape index (κ1) is 15.7. The van der Waals surface area contributed by atoms with Crippen molar-refractivity contribution in [2.45, 2.75) is 17.3 Å². The molecular weight excluding hydrogens is 363 g/mol. The lowest BCUT2D eigenvalue weighted by molar-refractivity contribution is 0.754. The Morgan fingerprint density at radius 2 is 1.46 bits per heavy atom. The molecule has 0 amide bonds. The lowest BCUT2D eigenvalue weighted by atomic mass is 10.1. The Balaban J connectivity index is 1.81. The fourth-order valence-corrected chi connectivity index (χ4v) is 3.70. The second kappa shape index (κ2) is 6.24. The van der Waals surface area contributed by atoms with E-state index >= 15 is 0 Å². The highest BCUT2D eigenvalue weighted by atomic mass is 35.5. The Morgan fingerprint density at radius 1 is 0.875 bits per heavy atom. The SMILES string of the molecule is C[C@@H]1Sc2nnc(-c3ccc(Cl)cc3)n2N=C1c1ccc(Cl)cc1. The van der Waals surface area contributed by atoms with Crippen LogP contribution in [0.2, 0.25) is 10.0 Å². The van der Waals surface area contributed by atoms with Gasteiger partial charge in [-0.15, -0.1) is 10.2 Å². The first-order chi connectivity index (χ1) is 11.6. The second-order valence-corrected chi connectivity index (χ2v) is 7.56. The molecule has 3 aromatic rings. The smallest absolute Gasteiger partial charge is 0.187 e. The number of hydrogen-bond acceptors (Lipinski definition) is 4. The van der Waals surface area contributed by atoms with Gasteiger partial charge < -0.3 is 0 Å². The number of rotatable bonds is 2. The Morgan fingerprint density at radius 3 is 2.08 bits per heavy atom. The molecule has 0 radical (unpaired) electrons. The van der Waals surface area contributed by atoms with Gasteiger partial charge in [-0.25, -0.2) is 0 Å². The summed E-state index contributed by atoms with van der Waals surface area (Å²) in [4.78, 5) is 0. The van der Waals surface area contributed by atoms with Crippen LogP contribution in [-0.2, 0) is 0 Å². The Bertz CT molecular complexity index is 917. The highest BCUT2D eigenvalue weighted by Crippen LogP contribution is 2.33. The first-order valence-corrected chi connectivity index (χ1v) is 8.98. The van der Waals surface area contributed by atoms with Crippen LogP contribution in [0.25, 0.3) is 11.4 Å². The van der Waals surface area contributed by atoms with Gasteiger partial charge in [0.05, 0.1) is 11.0 Å². The Hall–Kier alpha value is -1.82.